The summed E-state index contributed by atoms with van der Waals surface area (Å²) in [7, 11) is 0. The molecule has 2 atom stereocenters. The molecule has 2 aliphatic rings. The number of amides is 1. The lowest BCUT2D eigenvalue weighted by Crippen LogP contribution is -2.49. The predicted octanol–water partition coefficient (Wildman–Crippen LogP) is 2.79. The van der Waals surface area contributed by atoms with Crippen molar-refractivity contribution in [3.8, 4) is 5.75 Å². The van der Waals surface area contributed by atoms with Crippen LogP contribution in [-0.2, 0) is 11.2 Å². The number of hydrogen-bond acceptors (Lipinski definition) is 2. The zero-order valence-corrected chi connectivity index (χ0v) is 11.9. The SMILES string of the molecule is C=C[C@@]1(NC(=O)C2COc3ccccc3C2)C=CC=CC1. The number of nitrogens with one attached hydrogen (secondary N) is 1. The average Bonchev–Trinajstić information content (AvgIpc) is 2.55. The highest BCUT2D eigenvalue weighted by molar-refractivity contribution is 5.81. The van der Waals surface area contributed by atoms with E-state index in [1.54, 1.807) is 6.08 Å². The maximum atomic E-state index is 12.5. The number of benzene rings is 1. The molecule has 1 aliphatic carbocycles. The Morgan fingerprint density at radius 2 is 2.24 bits per heavy atom. The third-order valence-corrected chi connectivity index (χ3v) is 4.07. The van der Waals surface area contributed by atoms with Crippen LogP contribution in [0.3, 0.4) is 0 Å². The molecule has 21 heavy (non-hydrogen) atoms. The summed E-state index contributed by atoms with van der Waals surface area (Å²) in [6.07, 6.45) is 11.2. The van der Waals surface area contributed by atoms with Gasteiger partial charge in [0.25, 0.3) is 0 Å². The molecule has 3 rings (SSSR count). The molecule has 3 heteroatoms. The van der Waals surface area contributed by atoms with Gasteiger partial charge in [-0.2, -0.15) is 0 Å². The van der Waals surface area contributed by atoms with Crippen LogP contribution in [-0.4, -0.2) is 18.1 Å². The molecule has 0 bridgehead atoms. The maximum absolute atomic E-state index is 12.5. The Balaban J connectivity index is 1.71. The summed E-state index contributed by atoms with van der Waals surface area (Å²) in [5, 5.41) is 3.11. The van der Waals surface area contributed by atoms with Crippen LogP contribution in [0.5, 0.6) is 5.75 Å². The lowest BCUT2D eigenvalue weighted by molar-refractivity contribution is -0.127. The average molecular weight is 281 g/mol. The summed E-state index contributed by atoms with van der Waals surface area (Å²) in [4.78, 5) is 12.5. The van der Waals surface area contributed by atoms with Crippen molar-refractivity contribution >= 4 is 5.91 Å². The molecule has 1 unspecified atom stereocenters. The zero-order valence-electron chi connectivity index (χ0n) is 11.9. The molecule has 0 saturated heterocycles. The Bertz CT molecular complexity index is 617. The number of allylic oxidation sites excluding steroid dienone is 2. The van der Waals surface area contributed by atoms with Crippen molar-refractivity contribution in [2.45, 2.75) is 18.4 Å². The van der Waals surface area contributed by atoms with Crippen LogP contribution in [0.25, 0.3) is 0 Å². The van der Waals surface area contributed by atoms with Crippen molar-refractivity contribution in [2.75, 3.05) is 6.61 Å². The fraction of sp³-hybridized carbons (Fsp3) is 0.278. The van der Waals surface area contributed by atoms with E-state index in [2.05, 4.69) is 11.9 Å². The Morgan fingerprint density at radius 3 is 3.00 bits per heavy atom. The van der Waals surface area contributed by atoms with Crippen molar-refractivity contribution in [3.63, 3.8) is 0 Å². The fourth-order valence-electron chi connectivity index (χ4n) is 2.76. The summed E-state index contributed by atoms with van der Waals surface area (Å²) in [6.45, 7) is 4.29. The molecule has 108 valence electrons. The van der Waals surface area contributed by atoms with Crippen molar-refractivity contribution in [2.24, 2.45) is 5.92 Å². The minimum absolute atomic E-state index is 0.0179. The van der Waals surface area contributed by atoms with Gasteiger partial charge in [0.2, 0.25) is 5.91 Å². The summed E-state index contributed by atoms with van der Waals surface area (Å²) < 4.78 is 5.69. The normalized spacial score (nSPS) is 26.6. The Morgan fingerprint density at radius 1 is 1.38 bits per heavy atom. The topological polar surface area (TPSA) is 38.3 Å². The molecule has 0 radical (unpaired) electrons. The molecular formula is C18H19NO2. The second-order valence-electron chi connectivity index (χ2n) is 5.54. The lowest BCUT2D eigenvalue weighted by Gasteiger charge is -2.32. The molecule has 3 nitrogen and oxygen atoms in total. The minimum atomic E-state index is -0.469. The molecular weight excluding hydrogens is 262 g/mol. The van der Waals surface area contributed by atoms with Gasteiger partial charge in [-0.15, -0.1) is 6.58 Å². The highest BCUT2D eigenvalue weighted by Crippen LogP contribution is 2.28. The van der Waals surface area contributed by atoms with E-state index in [9.17, 15) is 4.79 Å². The maximum Gasteiger partial charge on any atom is 0.227 e. The van der Waals surface area contributed by atoms with E-state index in [-0.39, 0.29) is 11.8 Å². The van der Waals surface area contributed by atoms with E-state index in [1.165, 1.54) is 0 Å². The summed E-state index contributed by atoms with van der Waals surface area (Å²) >= 11 is 0. The number of carbonyl (C=O) groups is 1. The molecule has 1 amide bonds. The monoisotopic (exact) mass is 281 g/mol. The van der Waals surface area contributed by atoms with Crippen LogP contribution < -0.4 is 10.1 Å². The first-order chi connectivity index (χ1) is 10.2. The molecule has 1 aromatic rings. The van der Waals surface area contributed by atoms with Gasteiger partial charge in [0, 0.05) is 0 Å². The number of rotatable bonds is 3. The molecule has 0 saturated carbocycles. The van der Waals surface area contributed by atoms with Gasteiger partial charge in [-0.1, -0.05) is 48.6 Å². The van der Waals surface area contributed by atoms with Crippen molar-refractivity contribution in [1.29, 1.82) is 0 Å². The first-order valence-electron chi connectivity index (χ1n) is 7.23. The van der Waals surface area contributed by atoms with Crippen LogP contribution in [0, 0.1) is 5.92 Å². The van der Waals surface area contributed by atoms with E-state index in [4.69, 9.17) is 4.74 Å². The van der Waals surface area contributed by atoms with Gasteiger partial charge in [-0.05, 0) is 24.5 Å². The Hall–Kier alpha value is -2.29. The van der Waals surface area contributed by atoms with Gasteiger partial charge in [0.15, 0.2) is 0 Å². The molecule has 0 aromatic heterocycles. The van der Waals surface area contributed by atoms with Gasteiger partial charge >= 0.3 is 0 Å². The molecule has 0 spiro atoms. The van der Waals surface area contributed by atoms with E-state index in [0.29, 0.717) is 6.61 Å². The Labute approximate surface area is 125 Å². The Kier molecular flexibility index (Phi) is 3.65. The first-order valence-corrected chi connectivity index (χ1v) is 7.23. The summed E-state index contributed by atoms with van der Waals surface area (Å²) in [5.74, 6) is 0.751. The number of para-hydroxylation sites is 1. The van der Waals surface area contributed by atoms with Crippen LogP contribution in [0.15, 0.2) is 61.2 Å². The second-order valence-corrected chi connectivity index (χ2v) is 5.54. The molecule has 1 heterocycles. The van der Waals surface area contributed by atoms with Crippen LogP contribution in [0.2, 0.25) is 0 Å². The van der Waals surface area contributed by atoms with Crippen LogP contribution >= 0.6 is 0 Å². The first kappa shape index (κ1) is 13.7. The molecule has 1 aliphatic heterocycles. The third kappa shape index (κ3) is 2.77. The van der Waals surface area contributed by atoms with Crippen molar-refractivity contribution in [3.05, 3.63) is 66.8 Å². The van der Waals surface area contributed by atoms with Crippen LogP contribution in [0.4, 0.5) is 0 Å². The van der Waals surface area contributed by atoms with Gasteiger partial charge in [0.05, 0.1) is 11.5 Å². The van der Waals surface area contributed by atoms with Crippen LogP contribution in [0.1, 0.15) is 12.0 Å². The highest BCUT2D eigenvalue weighted by Gasteiger charge is 2.31. The number of hydrogen-bond donors (Lipinski definition) is 1. The van der Waals surface area contributed by atoms with E-state index >= 15 is 0 Å². The van der Waals surface area contributed by atoms with E-state index in [1.807, 2.05) is 48.6 Å². The van der Waals surface area contributed by atoms with E-state index < -0.39 is 5.54 Å². The van der Waals surface area contributed by atoms with Gasteiger partial charge < -0.3 is 10.1 Å². The van der Waals surface area contributed by atoms with Gasteiger partial charge in [0.1, 0.15) is 12.4 Å². The highest BCUT2D eigenvalue weighted by atomic mass is 16.5. The number of fused-ring (bicyclic) bond motifs is 1. The summed E-state index contributed by atoms with van der Waals surface area (Å²) in [5.41, 5.74) is 0.624. The standard InChI is InChI=1S/C18H19NO2/c1-2-18(10-6-3-7-11-18)19-17(20)15-12-14-8-4-5-9-16(14)21-13-15/h2-10,15H,1,11-13H2,(H,19,20)/t15?,18-/m1/s1. The van der Waals surface area contributed by atoms with E-state index in [0.717, 1.165) is 24.2 Å². The minimum Gasteiger partial charge on any atom is -0.492 e. The number of ether oxygens (including phenoxy) is 1. The molecule has 0 fully saturated rings. The quantitative estimate of drug-likeness (QED) is 0.865. The van der Waals surface area contributed by atoms with Gasteiger partial charge in [-0.3, -0.25) is 4.79 Å². The fourth-order valence-corrected chi connectivity index (χ4v) is 2.76. The number of carbonyl (C=O) groups excluding carboxylic acids is 1. The van der Waals surface area contributed by atoms with Crippen molar-refractivity contribution < 1.29 is 9.53 Å². The zero-order chi connectivity index (χ0) is 14.7. The second kappa shape index (κ2) is 5.60. The van der Waals surface area contributed by atoms with Crippen molar-refractivity contribution in [1.82, 2.24) is 5.32 Å². The predicted molar refractivity (Wildman–Crippen MR) is 83.1 cm³/mol. The van der Waals surface area contributed by atoms with Gasteiger partial charge in [-0.25, -0.2) is 0 Å². The third-order valence-electron chi connectivity index (χ3n) is 4.07. The lowest BCUT2D eigenvalue weighted by atomic mass is 9.89. The molecule has 1 aromatic carbocycles. The molecule has 1 N–H and O–H groups in total. The summed E-state index contributed by atoms with van der Waals surface area (Å²) in [6, 6.07) is 7.89. The smallest absolute Gasteiger partial charge is 0.227 e. The largest absolute Gasteiger partial charge is 0.492 e.